The first kappa shape index (κ1) is 14.6. The van der Waals surface area contributed by atoms with Crippen LogP contribution in [-0.2, 0) is 4.74 Å². The number of rotatable bonds is 5. The van der Waals surface area contributed by atoms with Gasteiger partial charge in [0, 0.05) is 11.6 Å². The van der Waals surface area contributed by atoms with Crippen LogP contribution in [0.1, 0.15) is 38.0 Å². The van der Waals surface area contributed by atoms with Crippen LogP contribution in [0, 0.1) is 0 Å². The van der Waals surface area contributed by atoms with Crippen molar-refractivity contribution in [3.05, 3.63) is 29.0 Å². The van der Waals surface area contributed by atoms with Crippen molar-refractivity contribution >= 4 is 34.2 Å². The molecule has 0 aliphatic rings. The minimum atomic E-state index is -0.157. The summed E-state index contributed by atoms with van der Waals surface area (Å²) in [5.74, 6) is 0.853. The summed E-state index contributed by atoms with van der Waals surface area (Å²) in [4.78, 5) is 4.59. The second-order valence-corrected chi connectivity index (χ2v) is 5.69. The first-order valence-electron chi connectivity index (χ1n) is 6.43. The molecule has 0 aliphatic heterocycles. The van der Waals surface area contributed by atoms with Crippen LogP contribution >= 0.6 is 23.2 Å². The Hall–Kier alpha value is -0.770. The van der Waals surface area contributed by atoms with Gasteiger partial charge in [0.2, 0.25) is 0 Å². The maximum Gasteiger partial charge on any atom is 0.128 e. The Kier molecular flexibility index (Phi) is 4.71. The van der Waals surface area contributed by atoms with E-state index in [1.807, 2.05) is 32.0 Å². The fraction of sp³-hybridized carbons (Fsp3) is 0.500. The molecule has 104 valence electrons. The number of hydrogen-bond acceptors (Lipinski definition) is 2. The molecule has 1 aromatic carbocycles. The molecule has 0 amide bonds. The molecule has 0 aliphatic carbocycles. The van der Waals surface area contributed by atoms with Crippen molar-refractivity contribution in [2.24, 2.45) is 0 Å². The lowest BCUT2D eigenvalue weighted by Gasteiger charge is -2.18. The fourth-order valence-corrected chi connectivity index (χ4v) is 2.52. The van der Waals surface area contributed by atoms with E-state index in [1.54, 1.807) is 0 Å². The lowest BCUT2D eigenvalue weighted by molar-refractivity contribution is 0.119. The van der Waals surface area contributed by atoms with Gasteiger partial charge < -0.3 is 9.30 Å². The van der Waals surface area contributed by atoms with Gasteiger partial charge in [0.1, 0.15) is 5.82 Å². The zero-order valence-electron chi connectivity index (χ0n) is 11.4. The smallest absolute Gasteiger partial charge is 0.128 e. The largest absolute Gasteiger partial charge is 0.380 e. The third-order valence-corrected chi connectivity index (χ3v) is 3.47. The van der Waals surface area contributed by atoms with E-state index >= 15 is 0 Å². The highest BCUT2D eigenvalue weighted by molar-refractivity contribution is 6.31. The van der Waals surface area contributed by atoms with Crippen LogP contribution in [0.3, 0.4) is 0 Å². The molecule has 0 saturated carbocycles. The van der Waals surface area contributed by atoms with Crippen molar-refractivity contribution in [2.75, 3.05) is 13.2 Å². The van der Waals surface area contributed by atoms with Gasteiger partial charge in [-0.2, -0.15) is 0 Å². The van der Waals surface area contributed by atoms with Crippen LogP contribution in [0.25, 0.3) is 11.0 Å². The highest BCUT2D eigenvalue weighted by atomic mass is 35.5. The molecule has 0 saturated heterocycles. The summed E-state index contributed by atoms with van der Waals surface area (Å²) in [6.07, 6.45) is 0. The van der Waals surface area contributed by atoms with Crippen LogP contribution in [0.2, 0.25) is 5.02 Å². The monoisotopic (exact) mass is 300 g/mol. The van der Waals surface area contributed by atoms with Crippen molar-refractivity contribution in [1.82, 2.24) is 9.55 Å². The number of alkyl halides is 1. The Morgan fingerprint density at radius 3 is 2.74 bits per heavy atom. The molecule has 1 heterocycles. The van der Waals surface area contributed by atoms with E-state index < -0.39 is 0 Å². The second-order valence-electron chi connectivity index (χ2n) is 4.60. The number of benzene rings is 1. The normalized spacial score (nSPS) is 14.8. The standard InChI is InChI=1S/C14H18Cl2N2O/c1-4-19-8-9(2)18-13-6-5-11(16)7-12(13)17-14(18)10(3)15/h5-7,9-10H,4,8H2,1-3H3. The van der Waals surface area contributed by atoms with Gasteiger partial charge in [-0.3, -0.25) is 0 Å². The maximum atomic E-state index is 6.24. The van der Waals surface area contributed by atoms with Gasteiger partial charge >= 0.3 is 0 Å². The zero-order chi connectivity index (χ0) is 14.0. The summed E-state index contributed by atoms with van der Waals surface area (Å²) in [5, 5.41) is 0.527. The predicted molar refractivity (Wildman–Crippen MR) is 80.2 cm³/mol. The molecule has 0 N–H and O–H groups in total. The fourth-order valence-electron chi connectivity index (χ4n) is 2.20. The Morgan fingerprint density at radius 1 is 1.37 bits per heavy atom. The second kappa shape index (κ2) is 6.12. The molecule has 0 radical (unpaired) electrons. The third kappa shape index (κ3) is 3.04. The van der Waals surface area contributed by atoms with Crippen molar-refractivity contribution < 1.29 is 4.74 Å². The van der Waals surface area contributed by atoms with Gasteiger partial charge in [0.05, 0.1) is 29.1 Å². The van der Waals surface area contributed by atoms with Crippen molar-refractivity contribution in [2.45, 2.75) is 32.2 Å². The molecule has 5 heteroatoms. The summed E-state index contributed by atoms with van der Waals surface area (Å²) in [7, 11) is 0. The Bertz CT molecular complexity index is 566. The molecule has 2 rings (SSSR count). The summed E-state index contributed by atoms with van der Waals surface area (Å²) in [6.45, 7) is 7.36. The van der Waals surface area contributed by atoms with Crippen LogP contribution in [0.5, 0.6) is 0 Å². The lowest BCUT2D eigenvalue weighted by atomic mass is 10.2. The number of fused-ring (bicyclic) bond motifs is 1. The number of halogens is 2. The molecule has 3 nitrogen and oxygen atoms in total. The summed E-state index contributed by atoms with van der Waals surface area (Å²) in [6, 6.07) is 5.90. The minimum Gasteiger partial charge on any atom is -0.380 e. The molecule has 0 fully saturated rings. The first-order chi connectivity index (χ1) is 9.04. The molecule has 1 aromatic heterocycles. The van der Waals surface area contributed by atoms with Gasteiger partial charge in [-0.25, -0.2) is 4.98 Å². The molecule has 2 unspecified atom stereocenters. The van der Waals surface area contributed by atoms with Crippen molar-refractivity contribution in [1.29, 1.82) is 0 Å². The Morgan fingerprint density at radius 2 is 2.11 bits per heavy atom. The average Bonchev–Trinajstić information content (AvgIpc) is 2.74. The number of aromatic nitrogens is 2. The quantitative estimate of drug-likeness (QED) is 0.755. The molecule has 0 bridgehead atoms. The third-order valence-electron chi connectivity index (χ3n) is 3.04. The molecule has 19 heavy (non-hydrogen) atoms. The van der Waals surface area contributed by atoms with E-state index in [-0.39, 0.29) is 11.4 Å². The topological polar surface area (TPSA) is 27.1 Å². The van der Waals surface area contributed by atoms with Crippen LogP contribution in [0.15, 0.2) is 18.2 Å². The summed E-state index contributed by atoms with van der Waals surface area (Å²) in [5.41, 5.74) is 1.91. The molecule has 0 spiro atoms. The van der Waals surface area contributed by atoms with E-state index in [1.165, 1.54) is 0 Å². The number of hydrogen-bond donors (Lipinski definition) is 0. The van der Waals surface area contributed by atoms with E-state index in [4.69, 9.17) is 27.9 Å². The molecule has 2 atom stereocenters. The number of nitrogens with zero attached hydrogens (tertiary/aromatic N) is 2. The van der Waals surface area contributed by atoms with E-state index in [2.05, 4.69) is 16.5 Å². The zero-order valence-corrected chi connectivity index (χ0v) is 12.9. The highest BCUT2D eigenvalue weighted by Crippen LogP contribution is 2.29. The van der Waals surface area contributed by atoms with Gasteiger partial charge in [-0.05, 0) is 39.0 Å². The van der Waals surface area contributed by atoms with Gasteiger partial charge in [0.15, 0.2) is 0 Å². The van der Waals surface area contributed by atoms with Crippen LogP contribution in [-0.4, -0.2) is 22.8 Å². The van der Waals surface area contributed by atoms with E-state index in [9.17, 15) is 0 Å². The average molecular weight is 301 g/mol. The predicted octanol–water partition coefficient (Wildman–Crippen LogP) is 4.59. The summed E-state index contributed by atoms with van der Waals surface area (Å²) >= 11 is 12.3. The molecular weight excluding hydrogens is 283 g/mol. The van der Waals surface area contributed by atoms with Crippen LogP contribution in [0.4, 0.5) is 0 Å². The van der Waals surface area contributed by atoms with E-state index in [0.29, 0.717) is 18.2 Å². The Balaban J connectivity index is 2.51. The number of ether oxygens (including phenoxy) is 1. The highest BCUT2D eigenvalue weighted by Gasteiger charge is 2.19. The Labute approximate surface area is 123 Å². The minimum absolute atomic E-state index is 0.157. The lowest BCUT2D eigenvalue weighted by Crippen LogP contribution is -2.15. The maximum absolute atomic E-state index is 6.24. The van der Waals surface area contributed by atoms with Gasteiger partial charge in [-0.15, -0.1) is 11.6 Å². The van der Waals surface area contributed by atoms with Gasteiger partial charge in [0.25, 0.3) is 0 Å². The van der Waals surface area contributed by atoms with E-state index in [0.717, 1.165) is 16.9 Å². The molecular formula is C14H18Cl2N2O. The van der Waals surface area contributed by atoms with Crippen molar-refractivity contribution in [3.8, 4) is 0 Å². The molecule has 2 aromatic rings. The van der Waals surface area contributed by atoms with Crippen LogP contribution < -0.4 is 0 Å². The summed E-state index contributed by atoms with van der Waals surface area (Å²) < 4.78 is 7.65. The van der Waals surface area contributed by atoms with Crippen molar-refractivity contribution in [3.63, 3.8) is 0 Å². The van der Waals surface area contributed by atoms with Gasteiger partial charge in [-0.1, -0.05) is 11.6 Å². The number of imidazole rings is 1. The first-order valence-corrected chi connectivity index (χ1v) is 7.25. The SMILES string of the molecule is CCOCC(C)n1c(C(C)Cl)nc2cc(Cl)ccc21.